The van der Waals surface area contributed by atoms with Gasteiger partial charge in [-0.2, -0.15) is 0 Å². The molecule has 4 rings (SSSR count). The van der Waals surface area contributed by atoms with Crippen molar-refractivity contribution in [1.82, 2.24) is 4.90 Å². The molecule has 132 valence electrons. The van der Waals surface area contributed by atoms with Crippen molar-refractivity contribution >= 4 is 0 Å². The summed E-state index contributed by atoms with van der Waals surface area (Å²) in [5, 5.41) is 10.1. The fourth-order valence-electron chi connectivity index (χ4n) is 4.09. The summed E-state index contributed by atoms with van der Waals surface area (Å²) in [6.45, 7) is 1.84. The van der Waals surface area contributed by atoms with Crippen molar-refractivity contribution in [2.24, 2.45) is 0 Å². The Morgan fingerprint density at radius 2 is 1.56 bits per heavy atom. The van der Waals surface area contributed by atoms with Gasteiger partial charge < -0.3 is 19.3 Å². The molecule has 0 saturated carbocycles. The van der Waals surface area contributed by atoms with Gasteiger partial charge in [0.15, 0.2) is 23.0 Å². The van der Waals surface area contributed by atoms with Crippen LogP contribution in [0.3, 0.4) is 0 Å². The predicted molar refractivity (Wildman–Crippen MR) is 94.8 cm³/mol. The van der Waals surface area contributed by atoms with Crippen molar-refractivity contribution in [2.75, 3.05) is 27.9 Å². The average molecular weight is 342 g/mol. The quantitative estimate of drug-likeness (QED) is 0.869. The van der Waals surface area contributed by atoms with Gasteiger partial charge in [0.05, 0.1) is 21.3 Å². The van der Waals surface area contributed by atoms with Gasteiger partial charge in [0, 0.05) is 19.1 Å². The van der Waals surface area contributed by atoms with Crippen molar-refractivity contribution in [3.8, 4) is 23.0 Å². The number of phenolic OH excluding ortho intramolecular Hbond substituents is 1. The van der Waals surface area contributed by atoms with E-state index in [1.165, 1.54) is 22.3 Å². The number of rotatable bonds is 3. The Hall–Kier alpha value is -2.40. The molecule has 2 aliphatic heterocycles. The topological polar surface area (TPSA) is 51.2 Å². The molecule has 1 atom stereocenters. The lowest BCUT2D eigenvalue weighted by atomic mass is 9.86. The summed E-state index contributed by atoms with van der Waals surface area (Å²) in [4.78, 5) is 2.47. The molecular formula is C20H23NO4. The van der Waals surface area contributed by atoms with Crippen LogP contribution in [0.2, 0.25) is 0 Å². The molecular weight excluding hydrogens is 319 g/mol. The van der Waals surface area contributed by atoms with Crippen LogP contribution >= 0.6 is 0 Å². The van der Waals surface area contributed by atoms with Crippen LogP contribution < -0.4 is 14.2 Å². The van der Waals surface area contributed by atoms with Crippen LogP contribution in [0, 0.1) is 0 Å². The van der Waals surface area contributed by atoms with Gasteiger partial charge in [-0.1, -0.05) is 0 Å². The van der Waals surface area contributed by atoms with E-state index in [4.69, 9.17) is 14.2 Å². The molecule has 1 unspecified atom stereocenters. The lowest BCUT2D eigenvalue weighted by Gasteiger charge is -2.41. The second-order valence-electron chi connectivity index (χ2n) is 6.64. The van der Waals surface area contributed by atoms with E-state index in [2.05, 4.69) is 17.0 Å². The molecule has 0 aliphatic carbocycles. The number of benzene rings is 2. The average Bonchev–Trinajstić information content (AvgIpc) is 2.64. The number of hydrogen-bond acceptors (Lipinski definition) is 5. The minimum Gasteiger partial charge on any atom is -0.504 e. The van der Waals surface area contributed by atoms with E-state index in [9.17, 15) is 5.11 Å². The molecule has 0 fully saturated rings. The van der Waals surface area contributed by atoms with Gasteiger partial charge in [-0.15, -0.1) is 0 Å². The Kier molecular flexibility index (Phi) is 3.96. The minimum absolute atomic E-state index is 0.212. The van der Waals surface area contributed by atoms with Crippen molar-refractivity contribution in [2.45, 2.75) is 25.4 Å². The maximum absolute atomic E-state index is 10.1. The fraction of sp³-hybridized carbons (Fsp3) is 0.400. The number of methoxy groups -OCH3 is 3. The van der Waals surface area contributed by atoms with Crippen LogP contribution in [-0.2, 0) is 19.4 Å². The second kappa shape index (κ2) is 6.15. The third-order valence-electron chi connectivity index (χ3n) is 5.40. The monoisotopic (exact) mass is 342 g/mol. The number of aromatic hydroxyl groups is 1. The van der Waals surface area contributed by atoms with Crippen LogP contribution in [0.1, 0.15) is 28.3 Å². The first-order valence-corrected chi connectivity index (χ1v) is 8.52. The lowest BCUT2D eigenvalue weighted by molar-refractivity contribution is 0.160. The first-order chi connectivity index (χ1) is 12.1. The molecule has 0 bridgehead atoms. The van der Waals surface area contributed by atoms with Crippen LogP contribution in [0.15, 0.2) is 24.3 Å². The zero-order chi connectivity index (χ0) is 17.6. The summed E-state index contributed by atoms with van der Waals surface area (Å²) in [6.07, 6.45) is 1.89. The molecule has 2 aromatic carbocycles. The van der Waals surface area contributed by atoms with Crippen LogP contribution in [0.25, 0.3) is 0 Å². The minimum atomic E-state index is 0.212. The molecule has 2 aromatic rings. The summed E-state index contributed by atoms with van der Waals surface area (Å²) in [5.41, 5.74) is 5.05. The molecule has 1 N–H and O–H groups in total. The fourth-order valence-corrected chi connectivity index (χ4v) is 4.09. The highest BCUT2D eigenvalue weighted by molar-refractivity contribution is 5.52. The first kappa shape index (κ1) is 16.1. The summed E-state index contributed by atoms with van der Waals surface area (Å²) in [5.74, 6) is 2.31. The van der Waals surface area contributed by atoms with E-state index in [1.54, 1.807) is 21.3 Å². The number of ether oxygens (including phenoxy) is 3. The number of phenols is 1. The van der Waals surface area contributed by atoms with E-state index in [-0.39, 0.29) is 5.75 Å². The largest absolute Gasteiger partial charge is 0.504 e. The molecule has 5 heteroatoms. The Morgan fingerprint density at radius 3 is 2.28 bits per heavy atom. The van der Waals surface area contributed by atoms with E-state index < -0.39 is 0 Å². The van der Waals surface area contributed by atoms with E-state index in [0.717, 1.165) is 37.4 Å². The Labute approximate surface area is 147 Å². The summed E-state index contributed by atoms with van der Waals surface area (Å²) >= 11 is 0. The maximum Gasteiger partial charge on any atom is 0.161 e. The SMILES string of the molecule is COc1cc2c(cc1O)[13CH2]N1CCc3cc(OC)c(OC)cc3C1C2. The van der Waals surface area contributed by atoms with Crippen LogP contribution in [0.4, 0.5) is 0 Å². The van der Waals surface area contributed by atoms with Gasteiger partial charge in [-0.3, -0.25) is 4.90 Å². The normalized spacial score (nSPS) is 18.8. The molecule has 2 aliphatic rings. The third-order valence-corrected chi connectivity index (χ3v) is 5.40. The molecule has 0 saturated heterocycles. The summed E-state index contributed by atoms with van der Waals surface area (Å²) < 4.78 is 16.2. The number of nitrogens with zero attached hydrogens (tertiary/aromatic N) is 1. The van der Waals surface area contributed by atoms with Gasteiger partial charge in [-0.25, -0.2) is 0 Å². The molecule has 0 aromatic heterocycles. The van der Waals surface area contributed by atoms with Crippen molar-refractivity contribution in [3.05, 3.63) is 46.5 Å². The van der Waals surface area contributed by atoms with E-state index in [0.29, 0.717) is 11.8 Å². The summed E-state index contributed by atoms with van der Waals surface area (Å²) in [6, 6.07) is 8.35. The van der Waals surface area contributed by atoms with Gasteiger partial charge in [0.1, 0.15) is 0 Å². The van der Waals surface area contributed by atoms with Crippen LogP contribution in [0.5, 0.6) is 23.0 Å². The lowest BCUT2D eigenvalue weighted by Crippen LogP contribution is -2.39. The zero-order valence-corrected chi connectivity index (χ0v) is 14.8. The van der Waals surface area contributed by atoms with Gasteiger partial charge in [0.25, 0.3) is 0 Å². The molecule has 0 spiro atoms. The highest BCUT2D eigenvalue weighted by atomic mass is 16.5. The number of hydrogen-bond donors (Lipinski definition) is 1. The van der Waals surface area contributed by atoms with Gasteiger partial charge >= 0.3 is 0 Å². The Bertz CT molecular complexity index is 818. The van der Waals surface area contributed by atoms with E-state index in [1.807, 2.05) is 12.1 Å². The molecule has 0 radical (unpaired) electrons. The molecule has 25 heavy (non-hydrogen) atoms. The third kappa shape index (κ3) is 2.59. The van der Waals surface area contributed by atoms with E-state index >= 15 is 0 Å². The van der Waals surface area contributed by atoms with Gasteiger partial charge in [0.2, 0.25) is 0 Å². The molecule has 2 heterocycles. The highest BCUT2D eigenvalue weighted by Gasteiger charge is 2.33. The zero-order valence-electron chi connectivity index (χ0n) is 14.8. The highest BCUT2D eigenvalue weighted by Crippen LogP contribution is 2.44. The van der Waals surface area contributed by atoms with Crippen molar-refractivity contribution < 1.29 is 19.3 Å². The second-order valence-corrected chi connectivity index (χ2v) is 6.64. The summed E-state index contributed by atoms with van der Waals surface area (Å²) in [7, 11) is 4.94. The number of fused-ring (bicyclic) bond motifs is 4. The van der Waals surface area contributed by atoms with Crippen molar-refractivity contribution in [3.63, 3.8) is 0 Å². The smallest absolute Gasteiger partial charge is 0.161 e. The van der Waals surface area contributed by atoms with Crippen molar-refractivity contribution in [1.29, 1.82) is 0 Å². The Morgan fingerprint density at radius 1 is 0.880 bits per heavy atom. The van der Waals surface area contributed by atoms with Crippen LogP contribution in [-0.4, -0.2) is 37.9 Å². The maximum atomic E-state index is 10.1. The van der Waals surface area contributed by atoms with Gasteiger partial charge in [-0.05, 0) is 59.4 Å². The molecule has 0 amide bonds. The Balaban J connectivity index is 1.76. The molecule has 5 nitrogen and oxygen atoms in total. The predicted octanol–water partition coefficient (Wildman–Crippen LogP) is 3.07. The standard InChI is InChI=1S/C20H23NO4/c1-23-18-9-13-6-16-15-10-20(25-3)19(24-2)8-12(15)4-5-21(16)11-14(13)7-17(18)22/h7-10,16,22H,4-6,11H2,1-3H3/i11+1. The first-order valence-electron chi connectivity index (χ1n) is 8.52.